The molecule has 166 valence electrons. The Morgan fingerprint density at radius 1 is 1.03 bits per heavy atom. The Morgan fingerprint density at radius 2 is 1.71 bits per heavy atom. The maximum absolute atomic E-state index is 5.54. The summed E-state index contributed by atoms with van der Waals surface area (Å²) < 4.78 is 11.8. The molecule has 3 nitrogen and oxygen atoms in total. The fourth-order valence-electron chi connectivity index (χ4n) is 4.79. The number of rotatable bonds is 5. The molecule has 0 aliphatic heterocycles. The topological polar surface area (TPSA) is 17.4 Å². The SMILES string of the molecule is COc1ccc2c3c(n(-c4ccccc4)c2c1)C[CH]([Ti+2][N]([SiH](C)C)C(C)(C)C)C3.[Cl-].[Cl-]. The van der Waals surface area contributed by atoms with Gasteiger partial charge in [-0.25, -0.2) is 0 Å². The van der Waals surface area contributed by atoms with E-state index in [9.17, 15) is 0 Å². The molecule has 0 spiro atoms. The van der Waals surface area contributed by atoms with E-state index in [1.165, 1.54) is 35.1 Å². The number of fused-ring (bicyclic) bond motifs is 3. The van der Waals surface area contributed by atoms with E-state index in [4.69, 9.17) is 4.74 Å². The van der Waals surface area contributed by atoms with Crippen molar-refractivity contribution in [2.24, 2.45) is 0 Å². The van der Waals surface area contributed by atoms with Crippen LogP contribution in [0.4, 0.5) is 0 Å². The molecule has 1 heterocycles. The Morgan fingerprint density at radius 3 is 2.29 bits per heavy atom. The van der Waals surface area contributed by atoms with Gasteiger partial charge in [-0.3, -0.25) is 0 Å². The minimum atomic E-state index is -0.812. The molecular formula is C24H32Cl2N2OSiTi. The Bertz CT molecular complexity index is 1020. The molecule has 1 unspecified atom stereocenters. The summed E-state index contributed by atoms with van der Waals surface area (Å²) in [5, 5.41) is 1.41. The average Bonchev–Trinajstić information content (AvgIpc) is 3.21. The van der Waals surface area contributed by atoms with Crippen LogP contribution in [0.5, 0.6) is 5.75 Å². The molecule has 0 radical (unpaired) electrons. The fourth-order valence-corrected chi connectivity index (χ4v) is 11.0. The molecular weight excluding hydrogens is 479 g/mol. The number of aromatic nitrogens is 1. The van der Waals surface area contributed by atoms with Crippen molar-refractivity contribution < 1.29 is 49.0 Å². The fraction of sp³-hybridized carbons (Fsp3) is 0.417. The molecule has 31 heavy (non-hydrogen) atoms. The monoisotopic (exact) mass is 510 g/mol. The molecule has 3 aromatic rings. The van der Waals surface area contributed by atoms with Gasteiger partial charge in [0.2, 0.25) is 0 Å². The van der Waals surface area contributed by atoms with Crippen molar-refractivity contribution >= 4 is 19.9 Å². The zero-order valence-electron chi connectivity index (χ0n) is 19.2. The van der Waals surface area contributed by atoms with Crippen LogP contribution >= 0.6 is 0 Å². The van der Waals surface area contributed by atoms with Crippen molar-refractivity contribution in [3.63, 3.8) is 0 Å². The zero-order chi connectivity index (χ0) is 20.8. The quantitative estimate of drug-likeness (QED) is 0.435. The predicted molar refractivity (Wildman–Crippen MR) is 121 cm³/mol. The predicted octanol–water partition coefficient (Wildman–Crippen LogP) is -0.384. The summed E-state index contributed by atoms with van der Waals surface area (Å²) in [5.41, 5.74) is 5.94. The molecule has 0 bridgehead atoms. The van der Waals surface area contributed by atoms with Gasteiger partial charge in [0.25, 0.3) is 0 Å². The Hall–Kier alpha value is -0.749. The Balaban J connectivity index is 0.00000171. The van der Waals surface area contributed by atoms with Crippen LogP contribution in [0, 0.1) is 0 Å². The molecule has 0 saturated heterocycles. The first kappa shape index (κ1) is 26.5. The van der Waals surface area contributed by atoms with Crippen LogP contribution < -0.4 is 29.6 Å². The Labute approximate surface area is 210 Å². The largest absolute Gasteiger partial charge is 1.00 e. The molecule has 1 aromatic heterocycles. The molecule has 7 heteroatoms. The van der Waals surface area contributed by atoms with Gasteiger partial charge in [0.05, 0.1) is 0 Å². The maximum Gasteiger partial charge on any atom is -1.00 e. The Kier molecular flexibility index (Phi) is 8.94. The van der Waals surface area contributed by atoms with E-state index in [1.807, 2.05) is 0 Å². The van der Waals surface area contributed by atoms with Gasteiger partial charge in [-0.1, -0.05) is 0 Å². The van der Waals surface area contributed by atoms with Gasteiger partial charge >= 0.3 is 186 Å². The standard InChI is InChI=1S/C18H16NO.C6H16NSi.2ClH.Ti/c1-20-14-10-11-16-15-8-5-9-17(15)19(18(16)12-14)13-6-3-2-4-7-13;1-6(2,3)7-8(4)5;;;/h2-7,10-12H,8-9H2,1H3;8H,1-5H3;2*1H;/q;-1;;;+3/p-2. The number of para-hydroxylation sites is 1. The maximum atomic E-state index is 5.54. The van der Waals surface area contributed by atoms with E-state index in [1.54, 1.807) is 12.7 Å². The second kappa shape index (κ2) is 10.5. The summed E-state index contributed by atoms with van der Waals surface area (Å²) in [4.78, 5) is 0. The van der Waals surface area contributed by atoms with Gasteiger partial charge < -0.3 is 24.8 Å². The molecule has 1 aliphatic carbocycles. The average molecular weight is 511 g/mol. The van der Waals surface area contributed by atoms with Gasteiger partial charge in [0.1, 0.15) is 0 Å². The smallest absolute Gasteiger partial charge is 1.00 e. The first-order valence-corrected chi connectivity index (χ1v) is 15.0. The van der Waals surface area contributed by atoms with Crippen molar-refractivity contribution in [2.45, 2.75) is 56.5 Å². The molecule has 0 amide bonds. The van der Waals surface area contributed by atoms with Crippen LogP contribution in [0.15, 0.2) is 48.5 Å². The van der Waals surface area contributed by atoms with E-state index < -0.39 is 8.96 Å². The van der Waals surface area contributed by atoms with Crippen LogP contribution in [0.25, 0.3) is 16.6 Å². The van der Waals surface area contributed by atoms with Crippen LogP contribution in [0.2, 0.25) is 17.3 Å². The summed E-state index contributed by atoms with van der Waals surface area (Å²) in [6.45, 7) is 12.2. The van der Waals surface area contributed by atoms with Crippen molar-refractivity contribution in [3.8, 4) is 11.4 Å². The first-order valence-electron chi connectivity index (χ1n) is 10.6. The third-order valence-electron chi connectivity index (χ3n) is 5.85. The minimum absolute atomic E-state index is 0. The van der Waals surface area contributed by atoms with E-state index in [0.29, 0.717) is 5.54 Å². The summed E-state index contributed by atoms with van der Waals surface area (Å²) in [6.07, 6.45) is 2.43. The van der Waals surface area contributed by atoms with Gasteiger partial charge in [-0.2, -0.15) is 0 Å². The van der Waals surface area contributed by atoms with E-state index >= 15 is 0 Å². The summed E-state index contributed by atoms with van der Waals surface area (Å²) in [7, 11) is 0.941. The van der Waals surface area contributed by atoms with Gasteiger partial charge in [-0.05, 0) is 0 Å². The second-order valence-electron chi connectivity index (χ2n) is 9.35. The van der Waals surface area contributed by atoms with Gasteiger partial charge in [0.15, 0.2) is 0 Å². The molecule has 1 atom stereocenters. The third-order valence-corrected chi connectivity index (χ3v) is 13.4. The number of hydrogen-bond acceptors (Lipinski definition) is 2. The number of nitrogens with zero attached hydrogens (tertiary/aromatic N) is 2. The van der Waals surface area contributed by atoms with E-state index in [-0.39, 0.29) is 44.2 Å². The first-order chi connectivity index (χ1) is 13.8. The van der Waals surface area contributed by atoms with Crippen LogP contribution in [0.1, 0.15) is 32.0 Å². The third kappa shape index (κ3) is 5.26. The molecule has 0 saturated carbocycles. The van der Waals surface area contributed by atoms with E-state index in [2.05, 4.69) is 90.0 Å². The minimum Gasteiger partial charge on any atom is -1.00 e. The zero-order valence-corrected chi connectivity index (χ0v) is 23.5. The van der Waals surface area contributed by atoms with Crippen molar-refractivity contribution in [1.29, 1.82) is 0 Å². The molecule has 2 aromatic carbocycles. The number of ether oxygens (including phenoxy) is 1. The molecule has 0 fully saturated rings. The molecule has 0 N–H and O–H groups in total. The van der Waals surface area contributed by atoms with Crippen molar-refractivity contribution in [1.82, 2.24) is 7.61 Å². The number of benzene rings is 2. The number of methoxy groups -OCH3 is 1. The van der Waals surface area contributed by atoms with E-state index in [0.717, 1.165) is 9.97 Å². The summed E-state index contributed by atoms with van der Waals surface area (Å²) in [5.74, 6) is 0.931. The molecule has 1 aliphatic rings. The van der Waals surface area contributed by atoms with Crippen LogP contribution in [0.3, 0.4) is 0 Å². The van der Waals surface area contributed by atoms with Crippen molar-refractivity contribution in [2.75, 3.05) is 7.11 Å². The van der Waals surface area contributed by atoms with Crippen LogP contribution in [-0.4, -0.2) is 29.2 Å². The second-order valence-corrected chi connectivity index (χ2v) is 15.3. The van der Waals surface area contributed by atoms with Gasteiger partial charge in [-0.15, -0.1) is 0 Å². The number of halogens is 2. The normalized spacial score (nSPS) is 15.4. The van der Waals surface area contributed by atoms with Crippen LogP contribution in [-0.2, 0) is 32.3 Å². The van der Waals surface area contributed by atoms with Gasteiger partial charge in [0, 0.05) is 0 Å². The molecule has 4 rings (SSSR count). The summed E-state index contributed by atoms with van der Waals surface area (Å²) in [6, 6.07) is 17.4. The van der Waals surface area contributed by atoms with Crippen molar-refractivity contribution in [3.05, 3.63) is 59.8 Å². The summed E-state index contributed by atoms with van der Waals surface area (Å²) >= 11 is -0.151. The number of hydrogen-bond donors (Lipinski definition) is 0.